The Morgan fingerprint density at radius 1 is 1.00 bits per heavy atom. The zero-order valence-corrected chi connectivity index (χ0v) is 22.6. The number of likely N-dealkylation sites (N-methyl/N-ethyl adjacent to an activating group) is 1. The van der Waals surface area contributed by atoms with Gasteiger partial charge in [0.25, 0.3) is 0 Å². The van der Waals surface area contributed by atoms with E-state index in [1.165, 1.54) is 93.9 Å². The van der Waals surface area contributed by atoms with Crippen LogP contribution in [0.5, 0.6) is 0 Å². The number of ether oxygens (including phenoxy) is 1. The average molecular weight is 496 g/mol. The predicted octanol–water partition coefficient (Wildman–Crippen LogP) is 6.09. The molecule has 2 saturated heterocycles. The van der Waals surface area contributed by atoms with Crippen molar-refractivity contribution in [2.24, 2.45) is 11.3 Å². The molecule has 6 aliphatic rings. The molecule has 4 heteroatoms. The second-order valence-electron chi connectivity index (χ2n) is 13.4. The molecule has 3 aliphatic heterocycles. The van der Waals surface area contributed by atoms with Crippen molar-refractivity contribution in [3.05, 3.63) is 65.5 Å². The van der Waals surface area contributed by atoms with E-state index in [1.54, 1.807) is 11.1 Å². The Labute approximate surface area is 221 Å². The fourth-order valence-electron chi connectivity index (χ4n) is 9.75. The van der Waals surface area contributed by atoms with Gasteiger partial charge in [-0.25, -0.2) is 0 Å². The van der Waals surface area contributed by atoms with Crippen molar-refractivity contribution >= 4 is 10.8 Å². The third-order valence-electron chi connectivity index (χ3n) is 11.8. The molecule has 0 amide bonds. The van der Waals surface area contributed by atoms with Gasteiger partial charge in [-0.1, -0.05) is 31.2 Å². The molecule has 1 unspecified atom stereocenters. The first-order chi connectivity index (χ1) is 18.0. The SMILES string of the molecule is CN1CCN([C@H]2CCC3=CC4=CC[C@]5(C)C(c6ccc7ccncc7c6)CC[C@H]5[C@@]45CC[C@]3(C2)O5)CC1. The number of rotatable bonds is 2. The molecule has 0 N–H and O–H groups in total. The first kappa shape index (κ1) is 22.9. The van der Waals surface area contributed by atoms with Crippen LogP contribution >= 0.6 is 0 Å². The molecule has 194 valence electrons. The van der Waals surface area contributed by atoms with Gasteiger partial charge in [0.1, 0.15) is 0 Å². The molecule has 3 aliphatic carbocycles. The summed E-state index contributed by atoms with van der Waals surface area (Å²) in [6.07, 6.45) is 19.1. The Morgan fingerprint density at radius 2 is 1.89 bits per heavy atom. The van der Waals surface area contributed by atoms with E-state index in [0.717, 1.165) is 0 Å². The van der Waals surface area contributed by atoms with Crippen LogP contribution in [-0.2, 0) is 4.74 Å². The van der Waals surface area contributed by atoms with Gasteiger partial charge in [0.15, 0.2) is 0 Å². The third-order valence-corrected chi connectivity index (χ3v) is 11.8. The zero-order chi connectivity index (χ0) is 24.8. The van der Waals surface area contributed by atoms with E-state index in [0.29, 0.717) is 17.9 Å². The lowest BCUT2D eigenvalue weighted by atomic mass is 9.58. The van der Waals surface area contributed by atoms with Gasteiger partial charge in [0.05, 0.1) is 11.2 Å². The number of aromatic nitrogens is 1. The Kier molecular flexibility index (Phi) is 4.96. The van der Waals surface area contributed by atoms with Gasteiger partial charge in [0.2, 0.25) is 0 Å². The van der Waals surface area contributed by atoms with Crippen LogP contribution in [0.3, 0.4) is 0 Å². The number of fused-ring (bicyclic) bond motifs is 2. The van der Waals surface area contributed by atoms with Crippen LogP contribution in [0.25, 0.3) is 10.8 Å². The zero-order valence-electron chi connectivity index (χ0n) is 22.6. The van der Waals surface area contributed by atoms with Crippen molar-refractivity contribution in [1.82, 2.24) is 14.8 Å². The standard InChI is InChI=1S/C33H41N3O/c1-31-11-9-27-20-26-5-6-28(36-17-15-35(2)16-18-36)21-32(26)12-13-33(27,37-32)30(31)8-7-29(31)24-4-3-23-10-14-34-22-25(23)19-24/h3-4,9-10,14,19-20,22,28-30H,5-8,11-13,15-18,21H2,1-2H3/t28-,29?,30+,31+,32+,33+/m0/s1. The molecule has 2 bridgehead atoms. The van der Waals surface area contributed by atoms with Crippen LogP contribution in [-0.4, -0.2) is 65.3 Å². The topological polar surface area (TPSA) is 28.6 Å². The number of hydrogen-bond donors (Lipinski definition) is 0. The Bertz CT molecular complexity index is 1310. The highest BCUT2D eigenvalue weighted by molar-refractivity contribution is 5.82. The molecular formula is C33H41N3O. The highest BCUT2D eigenvalue weighted by Gasteiger charge is 2.66. The van der Waals surface area contributed by atoms with Crippen LogP contribution < -0.4 is 0 Å². The molecular weight excluding hydrogens is 454 g/mol. The van der Waals surface area contributed by atoms with Gasteiger partial charge in [-0.2, -0.15) is 0 Å². The molecule has 8 rings (SSSR count). The maximum atomic E-state index is 7.57. The van der Waals surface area contributed by atoms with Gasteiger partial charge in [-0.15, -0.1) is 0 Å². The normalized spacial score (nSPS) is 41.6. The predicted molar refractivity (Wildman–Crippen MR) is 149 cm³/mol. The summed E-state index contributed by atoms with van der Waals surface area (Å²) in [5.74, 6) is 1.19. The minimum Gasteiger partial charge on any atom is -0.359 e. The number of allylic oxidation sites excluding steroid dienone is 1. The maximum absolute atomic E-state index is 7.57. The van der Waals surface area contributed by atoms with Gasteiger partial charge in [-0.05, 0) is 110 Å². The van der Waals surface area contributed by atoms with Crippen molar-refractivity contribution in [1.29, 1.82) is 0 Å². The van der Waals surface area contributed by atoms with Gasteiger partial charge < -0.3 is 9.64 Å². The van der Waals surface area contributed by atoms with Gasteiger partial charge >= 0.3 is 0 Å². The molecule has 2 spiro atoms. The summed E-state index contributed by atoms with van der Waals surface area (Å²) >= 11 is 0. The lowest BCUT2D eigenvalue weighted by Gasteiger charge is -2.55. The molecule has 2 saturated carbocycles. The molecule has 4 fully saturated rings. The summed E-state index contributed by atoms with van der Waals surface area (Å²) in [5.41, 5.74) is 4.85. The van der Waals surface area contributed by atoms with Crippen molar-refractivity contribution < 1.29 is 4.74 Å². The average Bonchev–Trinajstić information content (AvgIpc) is 3.43. The first-order valence-corrected chi connectivity index (χ1v) is 14.9. The van der Waals surface area contributed by atoms with Gasteiger partial charge in [0, 0.05) is 50.0 Å². The lowest BCUT2D eigenvalue weighted by molar-refractivity contribution is -0.141. The fourth-order valence-corrected chi connectivity index (χ4v) is 9.75. The molecule has 2 aromatic rings. The highest BCUT2D eigenvalue weighted by Crippen LogP contribution is 2.69. The summed E-state index contributed by atoms with van der Waals surface area (Å²) in [5, 5.41) is 2.57. The molecule has 4 nitrogen and oxygen atoms in total. The fraction of sp³-hybridized carbons (Fsp3) is 0.606. The number of nitrogens with zero attached hydrogens (tertiary/aromatic N) is 3. The minimum absolute atomic E-state index is 0.00540. The molecule has 0 radical (unpaired) electrons. The van der Waals surface area contributed by atoms with E-state index in [4.69, 9.17) is 4.74 Å². The quantitative estimate of drug-likeness (QED) is 0.504. The van der Waals surface area contributed by atoms with Crippen molar-refractivity contribution in [2.75, 3.05) is 33.2 Å². The summed E-state index contributed by atoms with van der Waals surface area (Å²) in [6.45, 7) is 7.44. The largest absolute Gasteiger partial charge is 0.359 e. The van der Waals surface area contributed by atoms with E-state index in [-0.39, 0.29) is 16.6 Å². The van der Waals surface area contributed by atoms with Crippen LogP contribution in [0.4, 0.5) is 0 Å². The smallest absolute Gasteiger partial charge is 0.0974 e. The number of piperazine rings is 1. The molecule has 37 heavy (non-hydrogen) atoms. The Hall–Kier alpha value is -2.01. The summed E-state index contributed by atoms with van der Waals surface area (Å²) in [4.78, 5) is 9.67. The number of pyridine rings is 1. The number of hydrogen-bond acceptors (Lipinski definition) is 4. The van der Waals surface area contributed by atoms with Crippen LogP contribution in [0.1, 0.15) is 69.8 Å². The second kappa shape index (κ2) is 8.00. The van der Waals surface area contributed by atoms with E-state index in [1.807, 2.05) is 12.4 Å². The summed E-state index contributed by atoms with van der Waals surface area (Å²) < 4.78 is 7.57. The molecule has 4 heterocycles. The highest BCUT2D eigenvalue weighted by atomic mass is 16.5. The van der Waals surface area contributed by atoms with Crippen molar-refractivity contribution in [2.45, 2.75) is 81.5 Å². The minimum atomic E-state index is -0.0618. The first-order valence-electron chi connectivity index (χ1n) is 14.9. The second-order valence-corrected chi connectivity index (χ2v) is 13.4. The maximum Gasteiger partial charge on any atom is 0.0974 e. The van der Waals surface area contributed by atoms with Crippen LogP contribution in [0.15, 0.2) is 60.0 Å². The van der Waals surface area contributed by atoms with Crippen LogP contribution in [0.2, 0.25) is 0 Å². The van der Waals surface area contributed by atoms with E-state index >= 15 is 0 Å². The van der Waals surface area contributed by atoms with Crippen molar-refractivity contribution in [3.8, 4) is 0 Å². The molecule has 1 aromatic carbocycles. The monoisotopic (exact) mass is 495 g/mol. The summed E-state index contributed by atoms with van der Waals surface area (Å²) in [7, 11) is 2.26. The number of benzene rings is 1. The molecule has 6 atom stereocenters. The van der Waals surface area contributed by atoms with Crippen LogP contribution in [0, 0.1) is 11.3 Å². The summed E-state index contributed by atoms with van der Waals surface area (Å²) in [6, 6.07) is 9.95. The van der Waals surface area contributed by atoms with E-state index in [2.05, 4.69) is 65.2 Å². The van der Waals surface area contributed by atoms with E-state index in [9.17, 15) is 0 Å². The van der Waals surface area contributed by atoms with Crippen molar-refractivity contribution in [3.63, 3.8) is 0 Å². The molecule has 1 aromatic heterocycles. The Balaban J connectivity index is 1.12. The Morgan fingerprint density at radius 3 is 2.78 bits per heavy atom. The third kappa shape index (κ3) is 3.22. The lowest BCUT2D eigenvalue weighted by Crippen LogP contribution is -2.57. The van der Waals surface area contributed by atoms with Gasteiger partial charge in [-0.3, -0.25) is 9.88 Å². The van der Waals surface area contributed by atoms with E-state index < -0.39 is 0 Å².